The van der Waals surface area contributed by atoms with Crippen LogP contribution in [0.5, 0.6) is 0 Å². The number of esters is 1. The fourth-order valence-corrected chi connectivity index (χ4v) is 2.58. The van der Waals surface area contributed by atoms with Crippen molar-refractivity contribution < 1.29 is 9.53 Å². The summed E-state index contributed by atoms with van der Waals surface area (Å²) in [7, 11) is 1.43. The predicted molar refractivity (Wildman–Crippen MR) is 83.6 cm³/mol. The Bertz CT molecular complexity index is 422. The van der Waals surface area contributed by atoms with E-state index in [1.54, 1.807) is 0 Å². The maximum Gasteiger partial charge on any atom is 0.305 e. The number of carbonyl (C=O) groups is 1. The summed E-state index contributed by atoms with van der Waals surface area (Å²) in [6.45, 7) is 7.70. The molecule has 2 unspecified atom stereocenters. The van der Waals surface area contributed by atoms with Gasteiger partial charge in [0.2, 0.25) is 0 Å². The van der Waals surface area contributed by atoms with E-state index in [-0.39, 0.29) is 5.97 Å². The molecule has 0 bridgehead atoms. The van der Waals surface area contributed by atoms with Crippen molar-refractivity contribution in [1.82, 2.24) is 0 Å². The van der Waals surface area contributed by atoms with Crippen LogP contribution in [0.2, 0.25) is 0 Å². The van der Waals surface area contributed by atoms with Crippen molar-refractivity contribution >= 4 is 5.97 Å². The van der Waals surface area contributed by atoms with Crippen molar-refractivity contribution in [3.05, 3.63) is 61.2 Å². The summed E-state index contributed by atoms with van der Waals surface area (Å²) >= 11 is 0. The van der Waals surface area contributed by atoms with E-state index >= 15 is 0 Å². The van der Waals surface area contributed by atoms with E-state index < -0.39 is 0 Å². The van der Waals surface area contributed by atoms with E-state index in [0.29, 0.717) is 18.3 Å². The van der Waals surface area contributed by atoms with Crippen molar-refractivity contribution in [2.24, 2.45) is 5.92 Å². The molecule has 2 nitrogen and oxygen atoms in total. The van der Waals surface area contributed by atoms with Gasteiger partial charge in [-0.15, -0.1) is 13.2 Å². The number of hydrogen-bond donors (Lipinski definition) is 0. The van der Waals surface area contributed by atoms with Crippen molar-refractivity contribution in [3.8, 4) is 0 Å². The molecule has 0 aromatic heterocycles. The Morgan fingerprint density at radius 1 is 1.20 bits per heavy atom. The Hall–Kier alpha value is -1.83. The van der Waals surface area contributed by atoms with Crippen LogP contribution >= 0.6 is 0 Å². The minimum Gasteiger partial charge on any atom is -0.469 e. The number of rotatable bonds is 9. The Morgan fingerprint density at radius 3 is 2.40 bits per heavy atom. The molecule has 0 radical (unpaired) electrons. The average molecular weight is 272 g/mol. The summed E-state index contributed by atoms with van der Waals surface area (Å²) in [6.07, 6.45) is 6.95. The molecule has 0 fully saturated rings. The first kappa shape index (κ1) is 16.2. The predicted octanol–water partition coefficient (Wildman–Crippen LogP) is 4.49. The summed E-state index contributed by atoms with van der Waals surface area (Å²) in [5.41, 5.74) is 1.30. The lowest BCUT2D eigenvalue weighted by molar-refractivity contribution is -0.141. The van der Waals surface area contributed by atoms with E-state index in [9.17, 15) is 4.79 Å². The second-order valence-corrected chi connectivity index (χ2v) is 4.94. The third-order valence-corrected chi connectivity index (χ3v) is 3.63. The molecule has 0 saturated carbocycles. The van der Waals surface area contributed by atoms with Crippen LogP contribution in [0.1, 0.15) is 37.2 Å². The zero-order valence-corrected chi connectivity index (χ0v) is 12.3. The van der Waals surface area contributed by atoms with E-state index in [0.717, 1.165) is 19.3 Å². The second kappa shape index (κ2) is 9.13. The van der Waals surface area contributed by atoms with Gasteiger partial charge in [0.05, 0.1) is 7.11 Å². The van der Waals surface area contributed by atoms with Crippen LogP contribution in [0.3, 0.4) is 0 Å². The van der Waals surface area contributed by atoms with Gasteiger partial charge in [0.15, 0.2) is 0 Å². The van der Waals surface area contributed by atoms with Gasteiger partial charge in [-0.3, -0.25) is 4.79 Å². The molecule has 1 aromatic rings. The monoisotopic (exact) mass is 272 g/mol. The van der Waals surface area contributed by atoms with Crippen LogP contribution in [-0.4, -0.2) is 13.1 Å². The number of carbonyl (C=O) groups excluding carboxylic acids is 1. The Morgan fingerprint density at radius 2 is 1.85 bits per heavy atom. The first-order valence-corrected chi connectivity index (χ1v) is 7.06. The average Bonchev–Trinajstić information content (AvgIpc) is 2.50. The topological polar surface area (TPSA) is 26.3 Å². The normalized spacial score (nSPS) is 13.2. The number of ether oxygens (including phenoxy) is 1. The Kier molecular flexibility index (Phi) is 7.41. The van der Waals surface area contributed by atoms with Gasteiger partial charge >= 0.3 is 5.97 Å². The van der Waals surface area contributed by atoms with E-state index in [1.807, 2.05) is 18.2 Å². The van der Waals surface area contributed by atoms with Crippen molar-refractivity contribution in [2.75, 3.05) is 7.11 Å². The molecule has 20 heavy (non-hydrogen) atoms. The van der Waals surface area contributed by atoms with Gasteiger partial charge < -0.3 is 4.74 Å². The minimum absolute atomic E-state index is 0.149. The lowest BCUT2D eigenvalue weighted by atomic mass is 9.79. The quantitative estimate of drug-likeness (QED) is 0.489. The molecule has 0 aliphatic rings. The number of hydrogen-bond acceptors (Lipinski definition) is 2. The zero-order valence-electron chi connectivity index (χ0n) is 12.3. The van der Waals surface area contributed by atoms with Crippen molar-refractivity contribution in [2.45, 2.75) is 31.6 Å². The molecule has 0 heterocycles. The fraction of sp³-hybridized carbons (Fsp3) is 0.389. The number of methoxy groups -OCH3 is 1. The molecule has 2 atom stereocenters. The highest BCUT2D eigenvalue weighted by Gasteiger charge is 2.22. The molecule has 2 heteroatoms. The fourth-order valence-electron chi connectivity index (χ4n) is 2.58. The summed E-state index contributed by atoms with van der Waals surface area (Å²) < 4.78 is 4.74. The van der Waals surface area contributed by atoms with Gasteiger partial charge in [-0.05, 0) is 36.7 Å². The largest absolute Gasteiger partial charge is 0.469 e. The highest BCUT2D eigenvalue weighted by Crippen LogP contribution is 2.34. The van der Waals surface area contributed by atoms with Crippen molar-refractivity contribution in [3.63, 3.8) is 0 Å². The van der Waals surface area contributed by atoms with Crippen LogP contribution in [-0.2, 0) is 9.53 Å². The molecular formula is C18H24O2. The summed E-state index contributed by atoms with van der Waals surface area (Å²) in [4.78, 5) is 11.4. The van der Waals surface area contributed by atoms with Crippen LogP contribution in [0, 0.1) is 5.92 Å². The summed E-state index contributed by atoms with van der Waals surface area (Å²) in [6, 6.07) is 10.4. The molecular weight excluding hydrogens is 248 g/mol. The van der Waals surface area contributed by atoms with Gasteiger partial charge in [0, 0.05) is 6.42 Å². The molecule has 0 saturated heterocycles. The lowest BCUT2D eigenvalue weighted by Gasteiger charge is -2.26. The second-order valence-electron chi connectivity index (χ2n) is 4.94. The van der Waals surface area contributed by atoms with E-state index in [1.165, 1.54) is 12.7 Å². The number of allylic oxidation sites excluding steroid dienone is 2. The molecule has 0 amide bonds. The third kappa shape index (κ3) is 5.04. The van der Waals surface area contributed by atoms with Crippen LogP contribution in [0.4, 0.5) is 0 Å². The first-order valence-electron chi connectivity index (χ1n) is 7.06. The first-order chi connectivity index (χ1) is 9.72. The summed E-state index contributed by atoms with van der Waals surface area (Å²) in [5.74, 6) is 0.604. The molecule has 0 spiro atoms. The highest BCUT2D eigenvalue weighted by molar-refractivity contribution is 5.69. The summed E-state index contributed by atoms with van der Waals surface area (Å²) in [5, 5.41) is 0. The van der Waals surface area contributed by atoms with Gasteiger partial charge in [0.1, 0.15) is 0 Å². The smallest absolute Gasteiger partial charge is 0.305 e. The van der Waals surface area contributed by atoms with Crippen LogP contribution in [0.25, 0.3) is 0 Å². The lowest BCUT2D eigenvalue weighted by Crippen LogP contribution is -2.14. The van der Waals surface area contributed by atoms with Gasteiger partial charge in [-0.1, -0.05) is 42.5 Å². The molecule has 0 N–H and O–H groups in total. The zero-order chi connectivity index (χ0) is 14.8. The Balaban J connectivity index is 2.84. The minimum atomic E-state index is -0.149. The standard InChI is InChI=1S/C18H24O2/c1-4-9-15(13-14-18(19)20-3)17(10-5-2)16-11-7-6-8-12-16/h4-8,11-12,15,17H,1-2,9-10,13-14H2,3H3. The number of benzene rings is 1. The maximum absolute atomic E-state index is 11.4. The SMILES string of the molecule is C=CCC(CCC(=O)OC)C(CC=C)c1ccccc1. The van der Waals surface area contributed by atoms with Crippen LogP contribution in [0.15, 0.2) is 55.6 Å². The van der Waals surface area contributed by atoms with E-state index in [4.69, 9.17) is 4.74 Å². The van der Waals surface area contributed by atoms with Gasteiger partial charge in [0.25, 0.3) is 0 Å². The third-order valence-electron chi connectivity index (χ3n) is 3.63. The van der Waals surface area contributed by atoms with Crippen molar-refractivity contribution in [1.29, 1.82) is 0 Å². The van der Waals surface area contributed by atoms with E-state index in [2.05, 4.69) is 37.4 Å². The van der Waals surface area contributed by atoms with Gasteiger partial charge in [-0.2, -0.15) is 0 Å². The molecule has 108 valence electrons. The molecule has 1 rings (SSSR count). The molecule has 0 aliphatic heterocycles. The maximum atomic E-state index is 11.4. The highest BCUT2D eigenvalue weighted by atomic mass is 16.5. The molecule has 0 aliphatic carbocycles. The Labute approximate surface area is 122 Å². The van der Waals surface area contributed by atoms with Gasteiger partial charge in [-0.25, -0.2) is 0 Å². The van der Waals surface area contributed by atoms with Crippen LogP contribution < -0.4 is 0 Å². The molecule has 1 aromatic carbocycles.